The molecule has 0 bridgehead atoms. The Morgan fingerprint density at radius 2 is 1.89 bits per heavy atom. The number of hydrogen-bond donors (Lipinski definition) is 1. The van der Waals surface area contributed by atoms with Crippen molar-refractivity contribution in [1.82, 2.24) is 0 Å². The van der Waals surface area contributed by atoms with Crippen molar-refractivity contribution >= 4 is 23.3 Å². The van der Waals surface area contributed by atoms with Crippen LogP contribution in [0.4, 0.5) is 5.69 Å². The molecule has 3 nitrogen and oxygen atoms in total. The van der Waals surface area contributed by atoms with Gasteiger partial charge in [0.15, 0.2) is 5.60 Å². The molecule has 0 amide bonds. The summed E-state index contributed by atoms with van der Waals surface area (Å²) in [6, 6.07) is 15.6. The van der Waals surface area contributed by atoms with Crippen LogP contribution in [0, 0.1) is 0 Å². The van der Waals surface area contributed by atoms with E-state index in [4.69, 9.17) is 22.1 Å². The van der Waals surface area contributed by atoms with E-state index in [0.29, 0.717) is 5.02 Å². The molecule has 2 aromatic rings. The highest BCUT2D eigenvalue weighted by Crippen LogP contribution is 2.42. The quantitative estimate of drug-likeness (QED) is 0.862. The summed E-state index contributed by atoms with van der Waals surface area (Å²) in [6.45, 7) is 1.97. The number of amidine groups is 1. The van der Waals surface area contributed by atoms with Crippen molar-refractivity contribution in [2.45, 2.75) is 12.5 Å². The molecule has 0 fully saturated rings. The molecule has 0 radical (unpaired) electrons. The molecule has 0 spiro atoms. The Morgan fingerprint density at radius 3 is 2.63 bits per heavy atom. The summed E-state index contributed by atoms with van der Waals surface area (Å²) in [7, 11) is 0. The number of nitrogens with zero attached hydrogens (tertiary/aromatic N) is 1. The third kappa shape index (κ3) is 1.96. The lowest BCUT2D eigenvalue weighted by atomic mass is 9.86. The van der Waals surface area contributed by atoms with Crippen molar-refractivity contribution in [2.24, 2.45) is 10.7 Å². The van der Waals surface area contributed by atoms with Crippen molar-refractivity contribution in [1.29, 1.82) is 0 Å². The van der Waals surface area contributed by atoms with Crippen molar-refractivity contribution in [2.75, 3.05) is 0 Å². The summed E-state index contributed by atoms with van der Waals surface area (Å²) in [5.41, 5.74) is 7.84. The largest absolute Gasteiger partial charge is 0.449 e. The van der Waals surface area contributed by atoms with Crippen LogP contribution in [0.15, 0.2) is 53.5 Å². The normalized spacial score (nSPS) is 21.3. The lowest BCUT2D eigenvalue weighted by Gasteiger charge is -2.34. The maximum Gasteiger partial charge on any atom is 0.288 e. The minimum absolute atomic E-state index is 0.168. The molecule has 96 valence electrons. The fourth-order valence-electron chi connectivity index (χ4n) is 2.36. The number of hydrogen-bond acceptors (Lipinski definition) is 3. The smallest absolute Gasteiger partial charge is 0.288 e. The summed E-state index contributed by atoms with van der Waals surface area (Å²) < 4.78 is 5.81. The van der Waals surface area contributed by atoms with Gasteiger partial charge in [-0.1, -0.05) is 41.9 Å². The second-order valence-corrected chi connectivity index (χ2v) is 5.05. The molecule has 4 heteroatoms. The lowest BCUT2D eigenvalue weighted by Crippen LogP contribution is -2.36. The van der Waals surface area contributed by atoms with E-state index in [1.54, 1.807) is 6.07 Å². The topological polar surface area (TPSA) is 47.6 Å². The Balaban J connectivity index is 2.24. The first-order chi connectivity index (χ1) is 9.09. The first kappa shape index (κ1) is 12.1. The van der Waals surface area contributed by atoms with Gasteiger partial charge in [-0.2, -0.15) is 4.99 Å². The third-order valence-corrected chi connectivity index (χ3v) is 3.57. The predicted molar refractivity (Wildman–Crippen MR) is 76.7 cm³/mol. The highest BCUT2D eigenvalue weighted by molar-refractivity contribution is 6.30. The molecular formula is C15H13ClN2O. The van der Waals surface area contributed by atoms with Gasteiger partial charge in [0, 0.05) is 10.6 Å². The molecule has 1 aliphatic rings. The van der Waals surface area contributed by atoms with E-state index in [2.05, 4.69) is 4.99 Å². The Morgan fingerprint density at radius 1 is 1.16 bits per heavy atom. The molecule has 1 aliphatic heterocycles. The van der Waals surface area contributed by atoms with Gasteiger partial charge >= 0.3 is 0 Å². The molecule has 1 heterocycles. The summed E-state index contributed by atoms with van der Waals surface area (Å²) in [6.07, 6.45) is 0. The summed E-state index contributed by atoms with van der Waals surface area (Å²) in [5.74, 6) is 0. The Hall–Kier alpha value is -2.00. The van der Waals surface area contributed by atoms with E-state index in [9.17, 15) is 0 Å². The van der Waals surface area contributed by atoms with Crippen molar-refractivity contribution in [3.63, 3.8) is 0 Å². The SMILES string of the molecule is CC1(c2ccccc2)OC(N)=Nc2ccc(Cl)cc21. The van der Waals surface area contributed by atoms with Crippen LogP contribution in [0.5, 0.6) is 0 Å². The second-order valence-electron chi connectivity index (χ2n) is 4.61. The molecule has 1 unspecified atom stereocenters. The number of benzene rings is 2. The first-order valence-electron chi connectivity index (χ1n) is 5.98. The minimum atomic E-state index is -0.673. The average molecular weight is 273 g/mol. The zero-order valence-corrected chi connectivity index (χ0v) is 11.2. The fraction of sp³-hybridized carbons (Fsp3) is 0.133. The van der Waals surface area contributed by atoms with Gasteiger partial charge in [0.25, 0.3) is 6.02 Å². The monoisotopic (exact) mass is 272 g/mol. The molecule has 0 saturated heterocycles. The van der Waals surface area contributed by atoms with Gasteiger partial charge in [-0.15, -0.1) is 0 Å². The van der Waals surface area contributed by atoms with Gasteiger partial charge in [-0.05, 0) is 30.7 Å². The Kier molecular flexibility index (Phi) is 2.72. The maximum absolute atomic E-state index is 6.09. The first-order valence-corrected chi connectivity index (χ1v) is 6.36. The molecule has 3 rings (SSSR count). The molecule has 19 heavy (non-hydrogen) atoms. The highest BCUT2D eigenvalue weighted by atomic mass is 35.5. The fourth-order valence-corrected chi connectivity index (χ4v) is 2.54. The molecule has 0 saturated carbocycles. The Bertz CT molecular complexity index is 654. The minimum Gasteiger partial charge on any atom is -0.449 e. The molecular weight excluding hydrogens is 260 g/mol. The maximum atomic E-state index is 6.09. The van der Waals surface area contributed by atoms with Crippen molar-refractivity contribution < 1.29 is 4.74 Å². The molecule has 2 aromatic carbocycles. The molecule has 0 aromatic heterocycles. The van der Waals surface area contributed by atoms with E-state index in [1.165, 1.54) is 0 Å². The van der Waals surface area contributed by atoms with Crippen LogP contribution < -0.4 is 5.73 Å². The van der Waals surface area contributed by atoms with E-state index < -0.39 is 5.60 Å². The van der Waals surface area contributed by atoms with Crippen LogP contribution in [0.25, 0.3) is 0 Å². The zero-order chi connectivity index (χ0) is 13.5. The van der Waals surface area contributed by atoms with E-state index >= 15 is 0 Å². The summed E-state index contributed by atoms with van der Waals surface area (Å²) in [5, 5.41) is 0.653. The van der Waals surface area contributed by atoms with Gasteiger partial charge in [0.2, 0.25) is 0 Å². The van der Waals surface area contributed by atoms with Gasteiger partial charge in [0.05, 0.1) is 5.69 Å². The molecule has 1 atom stereocenters. The van der Waals surface area contributed by atoms with E-state index in [1.807, 2.05) is 49.4 Å². The van der Waals surface area contributed by atoms with Crippen LogP contribution in [-0.4, -0.2) is 6.02 Å². The van der Waals surface area contributed by atoms with E-state index in [0.717, 1.165) is 16.8 Å². The lowest BCUT2D eigenvalue weighted by molar-refractivity contribution is 0.111. The van der Waals surface area contributed by atoms with E-state index in [-0.39, 0.29) is 6.02 Å². The average Bonchev–Trinajstić information content (AvgIpc) is 2.41. The second kappa shape index (κ2) is 4.28. The zero-order valence-electron chi connectivity index (χ0n) is 10.4. The van der Waals surface area contributed by atoms with Gasteiger partial charge in [-0.25, -0.2) is 0 Å². The van der Waals surface area contributed by atoms with Crippen LogP contribution >= 0.6 is 11.6 Å². The third-order valence-electron chi connectivity index (χ3n) is 3.34. The summed E-state index contributed by atoms with van der Waals surface area (Å²) in [4.78, 5) is 4.22. The summed E-state index contributed by atoms with van der Waals surface area (Å²) >= 11 is 6.09. The molecule has 0 aliphatic carbocycles. The van der Waals surface area contributed by atoms with Gasteiger partial charge < -0.3 is 10.5 Å². The van der Waals surface area contributed by atoms with Crippen molar-refractivity contribution in [3.8, 4) is 0 Å². The number of halogens is 1. The standard InChI is InChI=1S/C15H13ClN2O/c1-15(10-5-3-2-4-6-10)12-9-11(16)7-8-13(12)18-14(17)19-15/h2-9H,1H3,(H2,17,18). The van der Waals surface area contributed by atoms with Crippen LogP contribution in [0.2, 0.25) is 5.02 Å². The number of nitrogens with two attached hydrogens (primary N) is 1. The number of fused-ring (bicyclic) bond motifs is 1. The van der Waals surface area contributed by atoms with Crippen LogP contribution in [0.1, 0.15) is 18.1 Å². The van der Waals surface area contributed by atoms with Crippen LogP contribution in [0.3, 0.4) is 0 Å². The number of ether oxygens (including phenoxy) is 1. The van der Waals surface area contributed by atoms with Crippen molar-refractivity contribution in [3.05, 3.63) is 64.7 Å². The van der Waals surface area contributed by atoms with Gasteiger partial charge in [0.1, 0.15) is 0 Å². The van der Waals surface area contributed by atoms with Crippen LogP contribution in [-0.2, 0) is 10.3 Å². The number of rotatable bonds is 1. The highest BCUT2D eigenvalue weighted by Gasteiger charge is 2.37. The number of aliphatic imine (C=N–C) groups is 1. The Labute approximate surface area is 116 Å². The van der Waals surface area contributed by atoms with Gasteiger partial charge in [-0.3, -0.25) is 0 Å². The molecule has 2 N–H and O–H groups in total. The predicted octanol–water partition coefficient (Wildman–Crippen LogP) is 3.58.